The van der Waals surface area contributed by atoms with E-state index >= 15 is 0 Å². The second-order valence-corrected chi connectivity index (χ2v) is 6.42. The van der Waals surface area contributed by atoms with E-state index in [-0.39, 0.29) is 6.03 Å². The van der Waals surface area contributed by atoms with Gasteiger partial charge in [-0.15, -0.1) is 0 Å². The lowest BCUT2D eigenvalue weighted by Gasteiger charge is -2.14. The highest BCUT2D eigenvalue weighted by atomic mass is 79.9. The van der Waals surface area contributed by atoms with Crippen molar-refractivity contribution in [2.24, 2.45) is 0 Å². The lowest BCUT2D eigenvalue weighted by Crippen LogP contribution is -2.30. The Labute approximate surface area is 140 Å². The maximum absolute atomic E-state index is 12.0. The Balaban J connectivity index is 1.86. The number of halogens is 1. The summed E-state index contributed by atoms with van der Waals surface area (Å²) in [7, 11) is 0. The van der Waals surface area contributed by atoms with Gasteiger partial charge in [-0.25, -0.2) is 4.79 Å². The fourth-order valence-corrected chi connectivity index (χ4v) is 2.74. The van der Waals surface area contributed by atoms with Gasteiger partial charge in [0, 0.05) is 16.7 Å². The topological polar surface area (TPSA) is 41.1 Å². The molecule has 0 aliphatic rings. The zero-order valence-electron chi connectivity index (χ0n) is 12.9. The SMILES string of the molecule is CC(C)c1ccccc1NC(=O)NCCc1cccc(Br)c1. The smallest absolute Gasteiger partial charge is 0.319 e. The third-order valence-electron chi connectivity index (χ3n) is 3.42. The van der Waals surface area contributed by atoms with Crippen LogP contribution in [-0.2, 0) is 6.42 Å². The molecule has 0 heterocycles. The predicted octanol–water partition coefficient (Wildman–Crippen LogP) is 4.94. The minimum absolute atomic E-state index is 0.164. The van der Waals surface area contributed by atoms with Crippen molar-refractivity contribution in [3.63, 3.8) is 0 Å². The maximum atomic E-state index is 12.0. The molecular weight excluding hydrogens is 340 g/mol. The Morgan fingerprint density at radius 1 is 1.14 bits per heavy atom. The lowest BCUT2D eigenvalue weighted by atomic mass is 10.0. The molecule has 0 bridgehead atoms. The molecule has 0 fully saturated rings. The van der Waals surface area contributed by atoms with Crippen molar-refractivity contribution in [3.05, 3.63) is 64.1 Å². The van der Waals surface area contributed by atoms with E-state index in [1.165, 1.54) is 5.56 Å². The van der Waals surface area contributed by atoms with E-state index in [1.54, 1.807) is 0 Å². The number of benzene rings is 2. The average molecular weight is 361 g/mol. The molecule has 0 aromatic heterocycles. The molecule has 0 saturated carbocycles. The first-order valence-electron chi connectivity index (χ1n) is 7.44. The molecule has 2 aromatic carbocycles. The summed E-state index contributed by atoms with van der Waals surface area (Å²) < 4.78 is 1.06. The molecule has 0 aliphatic heterocycles. The molecule has 2 rings (SSSR count). The molecule has 0 atom stereocenters. The zero-order chi connectivity index (χ0) is 15.9. The Morgan fingerprint density at radius 2 is 1.91 bits per heavy atom. The molecule has 4 heteroatoms. The molecule has 22 heavy (non-hydrogen) atoms. The maximum Gasteiger partial charge on any atom is 0.319 e. The Morgan fingerprint density at radius 3 is 2.64 bits per heavy atom. The van der Waals surface area contributed by atoms with Gasteiger partial charge in [0.15, 0.2) is 0 Å². The number of urea groups is 1. The van der Waals surface area contributed by atoms with Crippen LogP contribution in [0.2, 0.25) is 0 Å². The van der Waals surface area contributed by atoms with E-state index in [0.717, 1.165) is 22.1 Å². The van der Waals surface area contributed by atoms with E-state index in [0.29, 0.717) is 12.5 Å². The van der Waals surface area contributed by atoms with E-state index in [4.69, 9.17) is 0 Å². The van der Waals surface area contributed by atoms with Crippen LogP contribution in [0.15, 0.2) is 53.0 Å². The Bertz CT molecular complexity index is 640. The van der Waals surface area contributed by atoms with Crippen LogP contribution in [0.5, 0.6) is 0 Å². The Hall–Kier alpha value is -1.81. The number of carbonyl (C=O) groups is 1. The quantitative estimate of drug-likeness (QED) is 0.778. The predicted molar refractivity (Wildman–Crippen MR) is 95.4 cm³/mol. The van der Waals surface area contributed by atoms with Gasteiger partial charge in [-0.05, 0) is 41.7 Å². The summed E-state index contributed by atoms with van der Waals surface area (Å²) in [6, 6.07) is 15.8. The standard InChI is InChI=1S/C18H21BrN2O/c1-13(2)16-8-3-4-9-17(16)21-18(22)20-11-10-14-6-5-7-15(19)12-14/h3-9,12-13H,10-11H2,1-2H3,(H2,20,21,22). The number of amides is 2. The summed E-state index contributed by atoms with van der Waals surface area (Å²) >= 11 is 3.45. The highest BCUT2D eigenvalue weighted by Gasteiger charge is 2.08. The van der Waals surface area contributed by atoms with Crippen molar-refractivity contribution in [2.75, 3.05) is 11.9 Å². The van der Waals surface area contributed by atoms with Gasteiger partial charge in [0.2, 0.25) is 0 Å². The van der Waals surface area contributed by atoms with E-state index in [9.17, 15) is 4.79 Å². The third-order valence-corrected chi connectivity index (χ3v) is 3.91. The molecule has 0 radical (unpaired) electrons. The number of rotatable bonds is 5. The first-order chi connectivity index (χ1) is 10.6. The molecule has 2 amide bonds. The van der Waals surface area contributed by atoms with Crippen LogP contribution in [0.3, 0.4) is 0 Å². The molecule has 0 spiro atoms. The highest BCUT2D eigenvalue weighted by molar-refractivity contribution is 9.10. The fourth-order valence-electron chi connectivity index (χ4n) is 2.29. The van der Waals surface area contributed by atoms with Crippen LogP contribution in [0, 0.1) is 0 Å². The highest BCUT2D eigenvalue weighted by Crippen LogP contribution is 2.23. The zero-order valence-corrected chi connectivity index (χ0v) is 14.5. The summed E-state index contributed by atoms with van der Waals surface area (Å²) in [5.41, 5.74) is 3.21. The first-order valence-corrected chi connectivity index (χ1v) is 8.24. The van der Waals surface area contributed by atoms with E-state index < -0.39 is 0 Å². The van der Waals surface area contributed by atoms with Crippen LogP contribution in [0.4, 0.5) is 10.5 Å². The number of anilines is 1. The number of hydrogen-bond acceptors (Lipinski definition) is 1. The molecule has 0 aliphatic carbocycles. The van der Waals surface area contributed by atoms with Crippen LogP contribution in [0.25, 0.3) is 0 Å². The summed E-state index contributed by atoms with van der Waals surface area (Å²) in [6.45, 7) is 4.84. The largest absolute Gasteiger partial charge is 0.338 e. The average Bonchev–Trinajstić information content (AvgIpc) is 2.47. The number of para-hydroxylation sites is 1. The monoisotopic (exact) mass is 360 g/mol. The fraction of sp³-hybridized carbons (Fsp3) is 0.278. The van der Waals surface area contributed by atoms with Crippen LogP contribution in [-0.4, -0.2) is 12.6 Å². The normalized spacial score (nSPS) is 10.5. The minimum atomic E-state index is -0.164. The van der Waals surface area contributed by atoms with Gasteiger partial charge >= 0.3 is 6.03 Å². The summed E-state index contributed by atoms with van der Waals surface area (Å²) in [6.07, 6.45) is 0.804. The molecular formula is C18H21BrN2O. The number of hydrogen-bond donors (Lipinski definition) is 2. The molecule has 3 nitrogen and oxygen atoms in total. The van der Waals surface area contributed by atoms with Crippen LogP contribution >= 0.6 is 15.9 Å². The van der Waals surface area contributed by atoms with Gasteiger partial charge in [0.1, 0.15) is 0 Å². The summed E-state index contributed by atoms with van der Waals surface area (Å²) in [5, 5.41) is 5.83. The first kappa shape index (κ1) is 16.6. The molecule has 0 saturated heterocycles. The van der Waals surface area contributed by atoms with Gasteiger partial charge < -0.3 is 10.6 Å². The van der Waals surface area contributed by atoms with E-state index in [2.05, 4.69) is 52.5 Å². The summed E-state index contributed by atoms with van der Waals surface area (Å²) in [4.78, 5) is 12.0. The number of nitrogens with one attached hydrogen (secondary N) is 2. The van der Waals surface area contributed by atoms with Gasteiger partial charge in [-0.2, -0.15) is 0 Å². The molecule has 2 N–H and O–H groups in total. The van der Waals surface area contributed by atoms with Crippen molar-refractivity contribution >= 4 is 27.6 Å². The van der Waals surface area contributed by atoms with Crippen molar-refractivity contribution in [1.82, 2.24) is 5.32 Å². The lowest BCUT2D eigenvalue weighted by molar-refractivity contribution is 0.252. The van der Waals surface area contributed by atoms with E-state index in [1.807, 2.05) is 36.4 Å². The Kier molecular flexibility index (Phi) is 6.01. The molecule has 116 valence electrons. The van der Waals surface area contributed by atoms with Crippen molar-refractivity contribution in [3.8, 4) is 0 Å². The van der Waals surface area contributed by atoms with Gasteiger partial charge in [-0.3, -0.25) is 0 Å². The van der Waals surface area contributed by atoms with Crippen LogP contribution in [0.1, 0.15) is 30.9 Å². The molecule has 0 unspecified atom stereocenters. The minimum Gasteiger partial charge on any atom is -0.338 e. The van der Waals surface area contributed by atoms with Crippen molar-refractivity contribution < 1.29 is 4.79 Å². The van der Waals surface area contributed by atoms with Gasteiger partial charge in [0.05, 0.1) is 0 Å². The van der Waals surface area contributed by atoms with Gasteiger partial charge in [0.25, 0.3) is 0 Å². The molecule has 2 aromatic rings. The van der Waals surface area contributed by atoms with Crippen LogP contribution < -0.4 is 10.6 Å². The van der Waals surface area contributed by atoms with Crippen molar-refractivity contribution in [1.29, 1.82) is 0 Å². The van der Waals surface area contributed by atoms with Gasteiger partial charge in [-0.1, -0.05) is 60.1 Å². The summed E-state index contributed by atoms with van der Waals surface area (Å²) in [5.74, 6) is 0.373. The second kappa shape index (κ2) is 7.99. The second-order valence-electron chi connectivity index (χ2n) is 5.50. The van der Waals surface area contributed by atoms with Crippen molar-refractivity contribution in [2.45, 2.75) is 26.2 Å². The third kappa shape index (κ3) is 4.88. The number of carbonyl (C=O) groups excluding carboxylic acids is 1.